The second kappa shape index (κ2) is 11.9. The van der Waals surface area contributed by atoms with Crippen molar-refractivity contribution in [3.8, 4) is 0 Å². The quantitative estimate of drug-likeness (QED) is 0.253. The maximum absolute atomic E-state index is 12.6. The molecule has 0 unspecified atom stereocenters. The highest BCUT2D eigenvalue weighted by atomic mass is 16.5. The third-order valence-electron chi connectivity index (χ3n) is 12.9. The number of benzene rings is 2. The number of carbonyl (C=O) groups excluding carboxylic acids is 2. The molecule has 43 heavy (non-hydrogen) atoms. The normalized spacial score (nSPS) is 37.0. The van der Waals surface area contributed by atoms with Crippen LogP contribution < -0.4 is 0 Å². The van der Waals surface area contributed by atoms with Crippen molar-refractivity contribution in [1.82, 2.24) is 0 Å². The molecule has 4 saturated carbocycles. The van der Waals surface area contributed by atoms with Crippen molar-refractivity contribution in [3.63, 3.8) is 0 Å². The monoisotopic (exact) mass is 578 g/mol. The number of esters is 1. The van der Waals surface area contributed by atoms with E-state index in [0.717, 1.165) is 32.1 Å². The summed E-state index contributed by atoms with van der Waals surface area (Å²) in [7, 11) is 0. The van der Waals surface area contributed by atoms with Crippen LogP contribution in [0.4, 0.5) is 0 Å². The SMILES string of the molecule is CC(=O)O[C@@H]1C[C@H]2[C@@H](CC[C@H]3C[C@@H](C(C)=O)CC[C@@]32C)[C@@H]2CC[C@H](/C(C)=C\C=C(c3ccccc3)c3ccccc3)[C@@]12C. The third kappa shape index (κ3) is 5.36. The Labute approximate surface area is 259 Å². The topological polar surface area (TPSA) is 43.4 Å². The lowest BCUT2D eigenvalue weighted by Gasteiger charge is -2.62. The number of Topliss-reactive ketones (excluding diaryl/α,β-unsaturated/α-hetero) is 1. The van der Waals surface area contributed by atoms with Gasteiger partial charge in [-0.25, -0.2) is 0 Å². The van der Waals surface area contributed by atoms with Crippen molar-refractivity contribution in [2.24, 2.45) is 46.3 Å². The molecule has 3 heteroatoms. The van der Waals surface area contributed by atoms with Crippen molar-refractivity contribution in [2.45, 2.75) is 92.1 Å². The Kier molecular flexibility index (Phi) is 8.31. The van der Waals surface area contributed by atoms with Gasteiger partial charge < -0.3 is 4.74 Å². The summed E-state index contributed by atoms with van der Waals surface area (Å²) in [5.74, 6) is 3.24. The van der Waals surface area contributed by atoms with Crippen LogP contribution in [0.1, 0.15) is 97.1 Å². The van der Waals surface area contributed by atoms with E-state index in [1.165, 1.54) is 41.5 Å². The molecule has 0 radical (unpaired) electrons. The van der Waals surface area contributed by atoms with Gasteiger partial charge >= 0.3 is 5.97 Å². The zero-order valence-corrected chi connectivity index (χ0v) is 26.9. The molecule has 228 valence electrons. The first-order chi connectivity index (χ1) is 20.6. The number of ether oxygens (including phenoxy) is 1. The van der Waals surface area contributed by atoms with Crippen molar-refractivity contribution in [1.29, 1.82) is 0 Å². The largest absolute Gasteiger partial charge is 0.462 e. The van der Waals surface area contributed by atoms with E-state index in [9.17, 15) is 9.59 Å². The Morgan fingerprint density at radius 3 is 2.02 bits per heavy atom. The van der Waals surface area contributed by atoms with Crippen LogP contribution in [-0.4, -0.2) is 17.9 Å². The summed E-state index contributed by atoms with van der Waals surface area (Å²) in [4.78, 5) is 24.9. The van der Waals surface area contributed by atoms with Gasteiger partial charge in [-0.2, -0.15) is 0 Å². The first-order valence-electron chi connectivity index (χ1n) is 16.8. The van der Waals surface area contributed by atoms with Crippen molar-refractivity contribution in [2.75, 3.05) is 0 Å². The van der Waals surface area contributed by atoms with Gasteiger partial charge in [0.1, 0.15) is 11.9 Å². The fourth-order valence-corrected chi connectivity index (χ4v) is 10.6. The number of ketones is 1. The molecule has 0 N–H and O–H groups in total. The van der Waals surface area contributed by atoms with Crippen LogP contribution >= 0.6 is 0 Å². The van der Waals surface area contributed by atoms with Gasteiger partial charge in [-0.1, -0.05) is 92.2 Å². The Bertz CT molecular complexity index is 1350. The number of rotatable bonds is 6. The molecule has 0 bridgehead atoms. The van der Waals surface area contributed by atoms with Crippen molar-refractivity contribution < 1.29 is 14.3 Å². The fourth-order valence-electron chi connectivity index (χ4n) is 10.6. The summed E-state index contributed by atoms with van der Waals surface area (Å²) in [6, 6.07) is 21.3. The van der Waals surface area contributed by atoms with E-state index in [2.05, 4.69) is 93.6 Å². The van der Waals surface area contributed by atoms with Gasteiger partial charge in [-0.05, 0) is 117 Å². The number of allylic oxidation sites excluding steroid dienone is 3. The molecule has 9 atom stereocenters. The standard InChI is InChI=1S/C40H50O3/c1-26(16-18-33(29-12-8-6-9-13-29)30-14-10-7-11-15-30)35-20-21-36-34-19-17-32-24-31(27(2)41)22-23-39(32,4)37(34)25-38(40(35,36)5)43-28(3)42/h6-16,18,31-32,34-38H,17,19-25H2,1-5H3/b26-16-/t31-,32-,34-,35+,36-,37-,38+,39-,40+/m0/s1. The predicted octanol–water partition coefficient (Wildman–Crippen LogP) is 9.47. The molecule has 4 fully saturated rings. The van der Waals surface area contributed by atoms with Crippen LogP contribution in [-0.2, 0) is 14.3 Å². The molecule has 2 aromatic rings. The lowest BCUT2D eigenvalue weighted by molar-refractivity contribution is -0.190. The fraction of sp³-hybridized carbons (Fsp3) is 0.550. The van der Waals surface area contributed by atoms with E-state index in [0.29, 0.717) is 35.4 Å². The minimum Gasteiger partial charge on any atom is -0.462 e. The maximum atomic E-state index is 12.6. The first-order valence-corrected chi connectivity index (χ1v) is 16.8. The van der Waals surface area contributed by atoms with Crippen LogP contribution in [0.25, 0.3) is 5.57 Å². The molecule has 0 heterocycles. The Morgan fingerprint density at radius 1 is 0.767 bits per heavy atom. The second-order valence-corrected chi connectivity index (χ2v) is 14.8. The lowest BCUT2D eigenvalue weighted by atomic mass is 9.43. The summed E-state index contributed by atoms with van der Waals surface area (Å²) in [6.07, 6.45) is 13.6. The van der Waals surface area contributed by atoms with E-state index in [4.69, 9.17) is 4.74 Å². The summed E-state index contributed by atoms with van der Waals surface area (Å²) in [5, 5.41) is 0. The molecule has 6 rings (SSSR count). The number of fused-ring (bicyclic) bond motifs is 5. The Balaban J connectivity index is 1.33. The van der Waals surface area contributed by atoms with E-state index >= 15 is 0 Å². The molecule has 0 spiro atoms. The van der Waals surface area contributed by atoms with Gasteiger partial charge in [-0.15, -0.1) is 0 Å². The molecule has 0 saturated heterocycles. The molecule has 0 aliphatic heterocycles. The van der Waals surface area contributed by atoms with Gasteiger partial charge in [-0.3, -0.25) is 9.59 Å². The average molecular weight is 579 g/mol. The summed E-state index contributed by atoms with van der Waals surface area (Å²) in [6.45, 7) is 10.7. The zero-order chi connectivity index (χ0) is 30.4. The van der Waals surface area contributed by atoms with Gasteiger partial charge in [0, 0.05) is 18.3 Å². The molecule has 2 aromatic carbocycles. The third-order valence-corrected chi connectivity index (χ3v) is 12.9. The van der Waals surface area contributed by atoms with E-state index in [-0.39, 0.29) is 28.8 Å². The highest BCUT2D eigenvalue weighted by Crippen LogP contribution is 2.69. The first kappa shape index (κ1) is 30.1. The van der Waals surface area contributed by atoms with Gasteiger partial charge in [0.25, 0.3) is 0 Å². The number of hydrogen-bond acceptors (Lipinski definition) is 3. The smallest absolute Gasteiger partial charge is 0.302 e. The van der Waals surface area contributed by atoms with Crippen LogP contribution in [0.2, 0.25) is 0 Å². The molecule has 0 aromatic heterocycles. The summed E-state index contributed by atoms with van der Waals surface area (Å²) >= 11 is 0. The molecular formula is C40H50O3. The van der Waals surface area contributed by atoms with Gasteiger partial charge in [0.15, 0.2) is 0 Å². The minimum absolute atomic E-state index is 0.0687. The number of hydrogen-bond donors (Lipinski definition) is 0. The van der Waals surface area contributed by atoms with E-state index < -0.39 is 0 Å². The summed E-state index contributed by atoms with van der Waals surface area (Å²) in [5.41, 5.74) is 5.23. The zero-order valence-electron chi connectivity index (χ0n) is 26.9. The minimum atomic E-state index is -0.149. The molecule has 0 amide bonds. The highest BCUT2D eigenvalue weighted by molar-refractivity contribution is 5.81. The average Bonchev–Trinajstić information content (AvgIpc) is 3.36. The summed E-state index contributed by atoms with van der Waals surface area (Å²) < 4.78 is 6.35. The molecular weight excluding hydrogens is 528 g/mol. The van der Waals surface area contributed by atoms with Gasteiger partial charge in [0.2, 0.25) is 0 Å². The van der Waals surface area contributed by atoms with Crippen LogP contribution in [0.5, 0.6) is 0 Å². The molecule has 4 aliphatic carbocycles. The van der Waals surface area contributed by atoms with Crippen LogP contribution in [0.3, 0.4) is 0 Å². The van der Waals surface area contributed by atoms with E-state index in [1.54, 1.807) is 13.8 Å². The maximum Gasteiger partial charge on any atom is 0.302 e. The van der Waals surface area contributed by atoms with Crippen LogP contribution in [0.15, 0.2) is 78.4 Å². The number of carbonyl (C=O) groups is 2. The second-order valence-electron chi connectivity index (χ2n) is 14.8. The Morgan fingerprint density at radius 2 is 1.42 bits per heavy atom. The predicted molar refractivity (Wildman–Crippen MR) is 174 cm³/mol. The van der Waals surface area contributed by atoms with Crippen molar-refractivity contribution in [3.05, 3.63) is 89.5 Å². The molecule has 4 aliphatic rings. The lowest BCUT2D eigenvalue weighted by Crippen LogP contribution is -2.59. The highest BCUT2D eigenvalue weighted by Gasteiger charge is 2.64. The van der Waals surface area contributed by atoms with E-state index in [1.807, 2.05) is 0 Å². The molecule has 3 nitrogen and oxygen atoms in total. The van der Waals surface area contributed by atoms with Crippen LogP contribution in [0, 0.1) is 46.3 Å². The van der Waals surface area contributed by atoms with Gasteiger partial charge in [0.05, 0.1) is 0 Å². The van der Waals surface area contributed by atoms with Crippen molar-refractivity contribution >= 4 is 17.3 Å². The Hall–Kier alpha value is -2.94.